The Labute approximate surface area is 162 Å². The number of nitrogens with zero attached hydrogens (tertiary/aromatic N) is 2. The summed E-state index contributed by atoms with van der Waals surface area (Å²) < 4.78 is 13.3. The van der Waals surface area contributed by atoms with Crippen molar-refractivity contribution in [2.24, 2.45) is 0 Å². The molecule has 0 aliphatic heterocycles. The number of carbonyl (C=O) groups is 1. The van der Waals surface area contributed by atoms with Gasteiger partial charge in [0.25, 0.3) is 5.91 Å². The lowest BCUT2D eigenvalue weighted by Gasteiger charge is -2.12. The third-order valence-corrected chi connectivity index (χ3v) is 4.19. The molecule has 0 aliphatic rings. The van der Waals surface area contributed by atoms with E-state index in [9.17, 15) is 14.4 Å². The van der Waals surface area contributed by atoms with E-state index in [1.54, 1.807) is 19.1 Å². The van der Waals surface area contributed by atoms with E-state index in [1.165, 1.54) is 18.2 Å². The van der Waals surface area contributed by atoms with Crippen molar-refractivity contribution < 1.29 is 9.18 Å². The second-order valence-electron chi connectivity index (χ2n) is 6.40. The van der Waals surface area contributed by atoms with Gasteiger partial charge in [-0.1, -0.05) is 18.2 Å². The van der Waals surface area contributed by atoms with Crippen molar-refractivity contribution in [3.8, 4) is 6.07 Å². The van der Waals surface area contributed by atoms with Gasteiger partial charge in [0.2, 0.25) is 0 Å². The Kier molecular flexibility index (Phi) is 5.66. The zero-order valence-electron chi connectivity index (χ0n) is 15.6. The molecule has 0 bridgehead atoms. The van der Waals surface area contributed by atoms with Gasteiger partial charge in [0.15, 0.2) is 0 Å². The summed E-state index contributed by atoms with van der Waals surface area (Å²) in [7, 11) is 0. The molecular formula is C22H19FN4O. The molecule has 1 aromatic heterocycles. The van der Waals surface area contributed by atoms with Gasteiger partial charge in [0.05, 0.1) is 16.9 Å². The molecule has 6 heteroatoms. The van der Waals surface area contributed by atoms with Gasteiger partial charge >= 0.3 is 0 Å². The number of hydrogen-bond donors (Lipinski definition) is 2. The number of amides is 1. The van der Waals surface area contributed by atoms with Crippen LogP contribution in [0.15, 0.2) is 54.6 Å². The van der Waals surface area contributed by atoms with E-state index in [-0.39, 0.29) is 11.5 Å². The van der Waals surface area contributed by atoms with Crippen molar-refractivity contribution >= 4 is 17.3 Å². The van der Waals surface area contributed by atoms with Crippen molar-refractivity contribution in [3.63, 3.8) is 0 Å². The number of pyridine rings is 1. The number of aryl methyl sites for hydroxylation is 2. The number of anilines is 2. The number of aromatic nitrogens is 1. The van der Waals surface area contributed by atoms with Crippen molar-refractivity contribution in [1.82, 2.24) is 4.98 Å². The van der Waals surface area contributed by atoms with E-state index >= 15 is 0 Å². The second kappa shape index (κ2) is 8.31. The van der Waals surface area contributed by atoms with E-state index < -0.39 is 5.82 Å². The Morgan fingerprint density at radius 2 is 1.93 bits per heavy atom. The highest BCUT2D eigenvalue weighted by Gasteiger charge is 2.09. The van der Waals surface area contributed by atoms with Gasteiger partial charge in [-0.15, -0.1) is 0 Å². The summed E-state index contributed by atoms with van der Waals surface area (Å²) in [5, 5.41) is 15.4. The van der Waals surface area contributed by atoms with Gasteiger partial charge < -0.3 is 10.6 Å². The van der Waals surface area contributed by atoms with E-state index in [1.807, 2.05) is 31.2 Å². The first-order chi connectivity index (χ1) is 13.5. The summed E-state index contributed by atoms with van der Waals surface area (Å²) in [5.74, 6) is -0.835. The standard InChI is InChI=1S/C22H19FN4O/c1-14-9-21(20(12-24)15(2)26-14)25-13-16-5-3-8-19(10-16)27-22(28)17-6-4-7-18(23)11-17/h3-11H,13H2,1-2H3,(H,25,26)(H,27,28). The summed E-state index contributed by atoms with van der Waals surface area (Å²) in [6, 6.07) is 16.9. The van der Waals surface area contributed by atoms with Gasteiger partial charge in [0, 0.05) is 23.5 Å². The van der Waals surface area contributed by atoms with Crippen molar-refractivity contribution in [2.45, 2.75) is 20.4 Å². The molecule has 3 aromatic rings. The Morgan fingerprint density at radius 3 is 2.68 bits per heavy atom. The molecule has 0 radical (unpaired) electrons. The average Bonchev–Trinajstić information content (AvgIpc) is 2.66. The van der Waals surface area contributed by atoms with Crippen LogP contribution in [0.3, 0.4) is 0 Å². The van der Waals surface area contributed by atoms with Crippen molar-refractivity contribution in [1.29, 1.82) is 5.26 Å². The molecule has 0 unspecified atom stereocenters. The van der Waals surface area contributed by atoms with Gasteiger partial charge in [-0.05, 0) is 55.8 Å². The van der Waals surface area contributed by atoms with Crippen LogP contribution in [-0.2, 0) is 6.54 Å². The van der Waals surface area contributed by atoms with Gasteiger partial charge in [-0.3, -0.25) is 9.78 Å². The number of halogens is 1. The zero-order valence-corrected chi connectivity index (χ0v) is 15.6. The van der Waals surface area contributed by atoms with Crippen LogP contribution < -0.4 is 10.6 Å². The van der Waals surface area contributed by atoms with Crippen LogP contribution >= 0.6 is 0 Å². The van der Waals surface area contributed by atoms with E-state index in [0.717, 1.165) is 16.9 Å². The fourth-order valence-electron chi connectivity index (χ4n) is 2.90. The van der Waals surface area contributed by atoms with E-state index in [4.69, 9.17) is 0 Å². The molecule has 0 saturated heterocycles. The number of nitriles is 1. The maximum atomic E-state index is 13.3. The highest BCUT2D eigenvalue weighted by atomic mass is 19.1. The third kappa shape index (κ3) is 4.51. The fourth-order valence-corrected chi connectivity index (χ4v) is 2.90. The van der Waals surface area contributed by atoms with Gasteiger partial charge in [-0.25, -0.2) is 4.39 Å². The Balaban J connectivity index is 1.72. The van der Waals surface area contributed by atoms with Gasteiger partial charge in [0.1, 0.15) is 11.9 Å². The lowest BCUT2D eigenvalue weighted by Crippen LogP contribution is -2.12. The first-order valence-electron chi connectivity index (χ1n) is 8.74. The van der Waals surface area contributed by atoms with Crippen LogP contribution in [0.4, 0.5) is 15.8 Å². The van der Waals surface area contributed by atoms with Crippen molar-refractivity contribution in [2.75, 3.05) is 10.6 Å². The average molecular weight is 374 g/mol. The first-order valence-corrected chi connectivity index (χ1v) is 8.74. The smallest absolute Gasteiger partial charge is 0.255 e. The molecule has 5 nitrogen and oxygen atoms in total. The van der Waals surface area contributed by atoms with E-state index in [0.29, 0.717) is 23.5 Å². The van der Waals surface area contributed by atoms with Crippen molar-refractivity contribution in [3.05, 3.63) is 88.5 Å². The molecule has 1 heterocycles. The SMILES string of the molecule is Cc1cc(NCc2cccc(NC(=O)c3cccc(F)c3)c2)c(C#N)c(C)n1. The van der Waals surface area contributed by atoms with Crippen LogP contribution in [0, 0.1) is 31.0 Å². The van der Waals surface area contributed by atoms with Crippen LogP contribution in [0.2, 0.25) is 0 Å². The normalized spacial score (nSPS) is 10.2. The fraction of sp³-hybridized carbons (Fsp3) is 0.136. The summed E-state index contributed by atoms with van der Waals surface area (Å²) in [6.07, 6.45) is 0. The molecule has 2 N–H and O–H groups in total. The number of hydrogen-bond acceptors (Lipinski definition) is 4. The molecule has 0 spiro atoms. The Morgan fingerprint density at radius 1 is 1.14 bits per heavy atom. The molecule has 140 valence electrons. The monoisotopic (exact) mass is 374 g/mol. The highest BCUT2D eigenvalue weighted by molar-refractivity contribution is 6.04. The number of carbonyl (C=O) groups excluding carboxylic acids is 1. The molecule has 0 saturated carbocycles. The Bertz CT molecular complexity index is 1070. The topological polar surface area (TPSA) is 77.8 Å². The Hall–Kier alpha value is -3.72. The van der Waals surface area contributed by atoms with Crippen LogP contribution in [0.1, 0.15) is 32.9 Å². The molecule has 2 aromatic carbocycles. The molecule has 0 atom stereocenters. The second-order valence-corrected chi connectivity index (χ2v) is 6.40. The summed E-state index contributed by atoms with van der Waals surface area (Å²) in [6.45, 7) is 4.16. The minimum atomic E-state index is -0.457. The predicted octanol–water partition coefficient (Wildman–Crippen LogP) is 4.57. The predicted molar refractivity (Wildman–Crippen MR) is 107 cm³/mol. The zero-order chi connectivity index (χ0) is 20.1. The highest BCUT2D eigenvalue weighted by Crippen LogP contribution is 2.20. The summed E-state index contributed by atoms with van der Waals surface area (Å²) in [5.41, 5.74) is 4.54. The maximum Gasteiger partial charge on any atom is 0.255 e. The molecule has 1 amide bonds. The number of benzene rings is 2. The molecular weight excluding hydrogens is 355 g/mol. The number of nitrogens with one attached hydrogen (secondary N) is 2. The minimum absolute atomic E-state index is 0.255. The number of rotatable bonds is 5. The molecule has 0 aliphatic carbocycles. The molecule has 3 rings (SSSR count). The first kappa shape index (κ1) is 19.1. The molecule has 0 fully saturated rings. The van der Waals surface area contributed by atoms with Crippen LogP contribution in [0.25, 0.3) is 0 Å². The lowest BCUT2D eigenvalue weighted by atomic mass is 10.1. The lowest BCUT2D eigenvalue weighted by molar-refractivity contribution is 0.102. The summed E-state index contributed by atoms with van der Waals surface area (Å²) in [4.78, 5) is 16.6. The molecule has 28 heavy (non-hydrogen) atoms. The largest absolute Gasteiger partial charge is 0.380 e. The van der Waals surface area contributed by atoms with Crippen LogP contribution in [0.5, 0.6) is 0 Å². The quantitative estimate of drug-likeness (QED) is 0.686. The third-order valence-electron chi connectivity index (χ3n) is 4.19. The van der Waals surface area contributed by atoms with E-state index in [2.05, 4.69) is 21.7 Å². The maximum absolute atomic E-state index is 13.3. The van der Waals surface area contributed by atoms with Gasteiger partial charge in [-0.2, -0.15) is 5.26 Å². The minimum Gasteiger partial charge on any atom is -0.380 e. The summed E-state index contributed by atoms with van der Waals surface area (Å²) >= 11 is 0. The van der Waals surface area contributed by atoms with Crippen LogP contribution in [-0.4, -0.2) is 10.9 Å².